The van der Waals surface area contributed by atoms with Gasteiger partial charge in [0.15, 0.2) is 0 Å². The van der Waals surface area contributed by atoms with E-state index in [4.69, 9.17) is 10.5 Å². The Hall–Kier alpha value is -1.46. The summed E-state index contributed by atoms with van der Waals surface area (Å²) in [5.41, 5.74) is 6.71. The number of amides is 1. The van der Waals surface area contributed by atoms with Crippen LogP contribution in [0.4, 0.5) is 0 Å². The molecule has 1 aromatic heterocycles. The maximum atomic E-state index is 12.1. The molecule has 5 nitrogen and oxygen atoms in total. The van der Waals surface area contributed by atoms with E-state index in [-0.39, 0.29) is 5.91 Å². The minimum absolute atomic E-state index is 0.0554. The fraction of sp³-hybridized carbons (Fsp3) is 0.538. The zero-order valence-corrected chi connectivity index (χ0v) is 11.0. The van der Waals surface area contributed by atoms with Crippen LogP contribution in [0.25, 0.3) is 0 Å². The number of carbonyl (C=O) groups excluding carboxylic acids is 1. The van der Waals surface area contributed by atoms with Crippen molar-refractivity contribution < 1.29 is 9.53 Å². The van der Waals surface area contributed by atoms with Crippen molar-refractivity contribution >= 4 is 5.91 Å². The molecule has 1 aromatic rings. The predicted molar refractivity (Wildman–Crippen MR) is 69.8 cm³/mol. The molecule has 0 aliphatic carbocycles. The Morgan fingerprint density at radius 1 is 1.56 bits per heavy atom. The van der Waals surface area contributed by atoms with Crippen LogP contribution in [0.2, 0.25) is 0 Å². The van der Waals surface area contributed by atoms with Gasteiger partial charge in [-0.2, -0.15) is 0 Å². The molecule has 1 rings (SSSR count). The van der Waals surface area contributed by atoms with Crippen LogP contribution in [-0.2, 0) is 16.1 Å². The predicted octanol–water partition coefficient (Wildman–Crippen LogP) is 0.794. The van der Waals surface area contributed by atoms with Gasteiger partial charge in [0.05, 0.1) is 18.3 Å². The number of nitrogens with zero attached hydrogens (tertiary/aromatic N) is 2. The van der Waals surface area contributed by atoms with Gasteiger partial charge in [-0.05, 0) is 25.5 Å². The second kappa shape index (κ2) is 7.79. The molecule has 0 saturated carbocycles. The van der Waals surface area contributed by atoms with Crippen LogP contribution in [-0.4, -0.2) is 42.1 Å². The van der Waals surface area contributed by atoms with E-state index in [0.717, 1.165) is 5.69 Å². The Bertz CT molecular complexity index is 357. The highest BCUT2D eigenvalue weighted by molar-refractivity contribution is 5.81. The number of rotatable bonds is 7. The first-order chi connectivity index (χ1) is 8.69. The zero-order chi connectivity index (χ0) is 13.4. The average Bonchev–Trinajstić information content (AvgIpc) is 2.42. The SMILES string of the molecule is CCN(Cc1ccccn1)C(=O)C(N)CCOC. The van der Waals surface area contributed by atoms with Gasteiger partial charge in [-0.3, -0.25) is 9.78 Å². The number of hydrogen-bond acceptors (Lipinski definition) is 4. The van der Waals surface area contributed by atoms with Crippen LogP contribution in [0.3, 0.4) is 0 Å². The molecule has 1 atom stereocenters. The Balaban J connectivity index is 2.57. The number of pyridine rings is 1. The number of carbonyl (C=O) groups is 1. The molecule has 0 aromatic carbocycles. The quantitative estimate of drug-likeness (QED) is 0.778. The molecule has 1 unspecified atom stereocenters. The van der Waals surface area contributed by atoms with E-state index in [1.165, 1.54) is 0 Å². The van der Waals surface area contributed by atoms with E-state index in [1.54, 1.807) is 18.2 Å². The van der Waals surface area contributed by atoms with Crippen molar-refractivity contribution in [2.75, 3.05) is 20.3 Å². The number of likely N-dealkylation sites (N-methyl/N-ethyl adjacent to an activating group) is 1. The van der Waals surface area contributed by atoms with E-state index >= 15 is 0 Å². The van der Waals surface area contributed by atoms with Crippen LogP contribution in [0, 0.1) is 0 Å². The van der Waals surface area contributed by atoms with Crippen LogP contribution >= 0.6 is 0 Å². The minimum atomic E-state index is -0.506. The molecule has 0 aliphatic rings. The minimum Gasteiger partial charge on any atom is -0.385 e. The summed E-state index contributed by atoms with van der Waals surface area (Å²) < 4.78 is 4.93. The molecular weight excluding hydrogens is 230 g/mol. The summed E-state index contributed by atoms with van der Waals surface area (Å²) in [5, 5.41) is 0. The van der Waals surface area contributed by atoms with Gasteiger partial charge in [0.25, 0.3) is 0 Å². The molecule has 0 spiro atoms. The Kier molecular flexibility index (Phi) is 6.32. The number of aromatic nitrogens is 1. The third-order valence-electron chi connectivity index (χ3n) is 2.72. The number of ether oxygens (including phenoxy) is 1. The zero-order valence-electron chi connectivity index (χ0n) is 11.0. The molecule has 18 heavy (non-hydrogen) atoms. The summed E-state index contributed by atoms with van der Waals surface area (Å²) >= 11 is 0. The number of methoxy groups -OCH3 is 1. The number of nitrogens with two attached hydrogens (primary N) is 1. The molecule has 1 heterocycles. The van der Waals surface area contributed by atoms with Gasteiger partial charge < -0.3 is 15.4 Å². The lowest BCUT2D eigenvalue weighted by molar-refractivity contribution is -0.133. The van der Waals surface area contributed by atoms with Gasteiger partial charge in [0, 0.05) is 26.5 Å². The van der Waals surface area contributed by atoms with Gasteiger partial charge in [-0.15, -0.1) is 0 Å². The van der Waals surface area contributed by atoms with Gasteiger partial charge in [-0.1, -0.05) is 6.07 Å². The Morgan fingerprint density at radius 2 is 2.33 bits per heavy atom. The monoisotopic (exact) mass is 251 g/mol. The molecule has 0 radical (unpaired) electrons. The highest BCUT2D eigenvalue weighted by atomic mass is 16.5. The fourth-order valence-corrected chi connectivity index (χ4v) is 1.64. The summed E-state index contributed by atoms with van der Waals surface area (Å²) in [7, 11) is 1.60. The number of hydrogen-bond donors (Lipinski definition) is 1. The van der Waals surface area contributed by atoms with Crippen LogP contribution in [0.1, 0.15) is 19.0 Å². The second-order valence-electron chi connectivity index (χ2n) is 4.06. The molecular formula is C13H21N3O2. The van der Waals surface area contributed by atoms with Gasteiger partial charge in [-0.25, -0.2) is 0 Å². The van der Waals surface area contributed by atoms with E-state index in [2.05, 4.69) is 4.98 Å². The standard InChI is InChI=1S/C13H21N3O2/c1-3-16(10-11-6-4-5-8-15-11)13(17)12(14)7-9-18-2/h4-6,8,12H,3,7,9-10,14H2,1-2H3. The highest BCUT2D eigenvalue weighted by Gasteiger charge is 2.19. The van der Waals surface area contributed by atoms with Crippen molar-refractivity contribution in [2.45, 2.75) is 25.9 Å². The first-order valence-corrected chi connectivity index (χ1v) is 6.12. The topological polar surface area (TPSA) is 68.5 Å². The molecule has 100 valence electrons. The maximum Gasteiger partial charge on any atom is 0.239 e. The van der Waals surface area contributed by atoms with Gasteiger partial charge in [0.1, 0.15) is 0 Å². The van der Waals surface area contributed by atoms with Gasteiger partial charge in [0.2, 0.25) is 5.91 Å². The summed E-state index contributed by atoms with van der Waals surface area (Å²) in [6, 6.07) is 5.15. The third-order valence-corrected chi connectivity index (χ3v) is 2.72. The van der Waals surface area contributed by atoms with E-state index in [0.29, 0.717) is 26.1 Å². The van der Waals surface area contributed by atoms with Crippen molar-refractivity contribution in [2.24, 2.45) is 5.73 Å². The third kappa shape index (κ3) is 4.43. The lowest BCUT2D eigenvalue weighted by atomic mass is 10.2. The molecule has 0 fully saturated rings. The smallest absolute Gasteiger partial charge is 0.239 e. The summed E-state index contributed by atoms with van der Waals surface area (Å²) in [5.74, 6) is -0.0554. The fourth-order valence-electron chi connectivity index (χ4n) is 1.64. The van der Waals surface area contributed by atoms with Gasteiger partial charge >= 0.3 is 0 Å². The van der Waals surface area contributed by atoms with E-state index in [9.17, 15) is 4.79 Å². The molecule has 1 amide bonds. The highest BCUT2D eigenvalue weighted by Crippen LogP contribution is 2.04. The maximum absolute atomic E-state index is 12.1. The van der Waals surface area contributed by atoms with Crippen LogP contribution < -0.4 is 5.73 Å². The largest absolute Gasteiger partial charge is 0.385 e. The van der Waals surface area contributed by atoms with Crippen molar-refractivity contribution in [1.29, 1.82) is 0 Å². The molecule has 0 saturated heterocycles. The van der Waals surface area contributed by atoms with Crippen LogP contribution in [0.15, 0.2) is 24.4 Å². The Labute approximate surface area is 108 Å². The summed E-state index contributed by atoms with van der Waals surface area (Å²) in [6.45, 7) is 3.55. The molecule has 0 aliphatic heterocycles. The van der Waals surface area contributed by atoms with Crippen LogP contribution in [0.5, 0.6) is 0 Å². The summed E-state index contributed by atoms with van der Waals surface area (Å²) in [4.78, 5) is 18.0. The van der Waals surface area contributed by atoms with E-state index in [1.807, 2.05) is 25.1 Å². The van der Waals surface area contributed by atoms with Crippen molar-refractivity contribution in [1.82, 2.24) is 9.88 Å². The van der Waals surface area contributed by atoms with Crippen molar-refractivity contribution in [3.05, 3.63) is 30.1 Å². The first-order valence-electron chi connectivity index (χ1n) is 6.12. The normalized spacial score (nSPS) is 12.2. The summed E-state index contributed by atoms with van der Waals surface area (Å²) in [6.07, 6.45) is 2.26. The van der Waals surface area contributed by atoms with E-state index < -0.39 is 6.04 Å². The first kappa shape index (κ1) is 14.6. The van der Waals surface area contributed by atoms with Crippen molar-refractivity contribution in [3.8, 4) is 0 Å². The molecule has 0 bridgehead atoms. The molecule has 5 heteroatoms. The molecule has 2 N–H and O–H groups in total. The average molecular weight is 251 g/mol. The lowest BCUT2D eigenvalue weighted by Crippen LogP contribution is -2.44. The van der Waals surface area contributed by atoms with Crippen molar-refractivity contribution in [3.63, 3.8) is 0 Å². The Morgan fingerprint density at radius 3 is 2.89 bits per heavy atom. The second-order valence-corrected chi connectivity index (χ2v) is 4.06. The lowest BCUT2D eigenvalue weighted by Gasteiger charge is -2.23.